The second-order valence-corrected chi connectivity index (χ2v) is 9.29. The van der Waals surface area contributed by atoms with E-state index in [0.29, 0.717) is 28.1 Å². The maximum Gasteiger partial charge on any atom is 0.416 e. The fourth-order valence-electron chi connectivity index (χ4n) is 3.85. The van der Waals surface area contributed by atoms with E-state index < -0.39 is 17.6 Å². The smallest absolute Gasteiger partial charge is 0.416 e. The third kappa shape index (κ3) is 6.98. The Labute approximate surface area is 231 Å². The fourth-order valence-corrected chi connectivity index (χ4v) is 4.42. The normalized spacial score (nSPS) is 11.6. The van der Waals surface area contributed by atoms with Crippen LogP contribution in [0, 0.1) is 11.3 Å². The molecular weight excluding hydrogens is 573 g/mol. The van der Waals surface area contributed by atoms with Gasteiger partial charge in [-0.15, -0.1) is 0 Å². The molecule has 5 nitrogen and oxygen atoms in total. The highest BCUT2D eigenvalue weighted by atomic mass is 79.9. The predicted molar refractivity (Wildman–Crippen MR) is 147 cm³/mol. The number of hydrogen-bond acceptors (Lipinski definition) is 4. The average Bonchev–Trinajstić information content (AvgIpc) is 2.91. The number of nitriles is 1. The molecule has 198 valence electrons. The van der Waals surface area contributed by atoms with Crippen molar-refractivity contribution in [1.82, 2.24) is 0 Å². The molecule has 0 aromatic heterocycles. The van der Waals surface area contributed by atoms with Crippen LogP contribution >= 0.6 is 15.9 Å². The number of nitrogens with zero attached hydrogens (tertiary/aromatic N) is 1. The third-order valence-corrected chi connectivity index (χ3v) is 6.24. The van der Waals surface area contributed by atoms with Crippen LogP contribution in [0.5, 0.6) is 11.5 Å². The number of anilines is 1. The molecule has 0 aliphatic rings. The molecular formula is C30H22BrF3N2O3. The summed E-state index contributed by atoms with van der Waals surface area (Å²) < 4.78 is 51.4. The third-order valence-electron chi connectivity index (χ3n) is 5.65. The van der Waals surface area contributed by atoms with Crippen molar-refractivity contribution in [3.05, 3.63) is 106 Å². The lowest BCUT2D eigenvalue weighted by molar-refractivity contribution is -0.137. The molecule has 4 aromatic carbocycles. The number of carbonyl (C=O) groups excluding carboxylic acids is 1. The molecule has 0 saturated heterocycles. The number of alkyl halides is 3. The van der Waals surface area contributed by atoms with E-state index >= 15 is 0 Å². The monoisotopic (exact) mass is 594 g/mol. The van der Waals surface area contributed by atoms with Crippen LogP contribution in [0.15, 0.2) is 88.9 Å². The molecule has 0 radical (unpaired) electrons. The summed E-state index contributed by atoms with van der Waals surface area (Å²) >= 11 is 3.49. The zero-order valence-corrected chi connectivity index (χ0v) is 22.3. The number of hydrogen-bond donors (Lipinski definition) is 1. The van der Waals surface area contributed by atoms with Gasteiger partial charge in [-0.05, 0) is 87.2 Å². The van der Waals surface area contributed by atoms with Crippen molar-refractivity contribution >= 4 is 44.4 Å². The number of carbonyl (C=O) groups is 1. The Hall–Kier alpha value is -4.29. The van der Waals surface area contributed by atoms with Crippen molar-refractivity contribution in [3.8, 4) is 17.6 Å². The standard InChI is InChI=1S/C30H22BrF3N2O3/c1-2-38-27-15-20(13-23(17-35)29(37)36-25-9-5-8-24(16-25)30(32,33)34)14-26(31)28(27)39-18-19-10-11-21-6-3-4-7-22(21)12-19/h3-16H,2,18H2,1H3,(H,36,37)/b23-13-. The highest BCUT2D eigenvalue weighted by molar-refractivity contribution is 9.10. The largest absolute Gasteiger partial charge is 0.490 e. The number of nitrogens with one attached hydrogen (secondary N) is 1. The van der Waals surface area contributed by atoms with Gasteiger partial charge in [-0.3, -0.25) is 4.79 Å². The number of benzene rings is 4. The van der Waals surface area contributed by atoms with Crippen molar-refractivity contribution < 1.29 is 27.4 Å². The first-order valence-electron chi connectivity index (χ1n) is 11.8. The summed E-state index contributed by atoms with van der Waals surface area (Å²) in [6.45, 7) is 2.43. The predicted octanol–water partition coefficient (Wildman–Crippen LogP) is 8.14. The minimum Gasteiger partial charge on any atom is -0.490 e. The molecule has 0 heterocycles. The van der Waals surface area contributed by atoms with E-state index in [4.69, 9.17) is 9.47 Å². The van der Waals surface area contributed by atoms with E-state index in [9.17, 15) is 23.2 Å². The van der Waals surface area contributed by atoms with Crippen LogP contribution in [-0.4, -0.2) is 12.5 Å². The van der Waals surface area contributed by atoms with Crippen LogP contribution in [-0.2, 0) is 17.6 Å². The molecule has 0 atom stereocenters. The highest BCUT2D eigenvalue weighted by Gasteiger charge is 2.30. The van der Waals surface area contributed by atoms with Gasteiger partial charge in [0.1, 0.15) is 18.2 Å². The van der Waals surface area contributed by atoms with Gasteiger partial charge >= 0.3 is 6.18 Å². The van der Waals surface area contributed by atoms with Gasteiger partial charge in [0.2, 0.25) is 0 Å². The number of halogens is 4. The van der Waals surface area contributed by atoms with Crippen molar-refractivity contribution in [2.45, 2.75) is 19.7 Å². The molecule has 1 amide bonds. The second-order valence-electron chi connectivity index (χ2n) is 8.44. The number of amides is 1. The van der Waals surface area contributed by atoms with Crippen molar-refractivity contribution in [3.63, 3.8) is 0 Å². The van der Waals surface area contributed by atoms with E-state index in [1.807, 2.05) is 49.4 Å². The van der Waals surface area contributed by atoms with Crippen LogP contribution in [0.2, 0.25) is 0 Å². The molecule has 0 fully saturated rings. The van der Waals surface area contributed by atoms with Crippen LogP contribution in [0.4, 0.5) is 18.9 Å². The molecule has 1 N–H and O–H groups in total. The zero-order chi connectivity index (χ0) is 28.0. The second kappa shape index (κ2) is 12.0. The van der Waals surface area contributed by atoms with E-state index in [0.717, 1.165) is 28.5 Å². The Balaban J connectivity index is 1.55. The molecule has 9 heteroatoms. The minimum absolute atomic E-state index is 0.0791. The van der Waals surface area contributed by atoms with E-state index in [1.54, 1.807) is 18.2 Å². The Morgan fingerprint density at radius 3 is 2.49 bits per heavy atom. The van der Waals surface area contributed by atoms with Crippen molar-refractivity contribution in [1.29, 1.82) is 5.26 Å². The summed E-state index contributed by atoms with van der Waals surface area (Å²) in [6, 6.07) is 23.3. The van der Waals surface area contributed by atoms with Gasteiger partial charge in [-0.1, -0.05) is 42.5 Å². The first-order chi connectivity index (χ1) is 18.7. The zero-order valence-electron chi connectivity index (χ0n) is 20.7. The van der Waals surface area contributed by atoms with E-state index in [1.165, 1.54) is 18.2 Å². The van der Waals surface area contributed by atoms with E-state index in [-0.39, 0.29) is 17.9 Å². The van der Waals surface area contributed by atoms with Crippen LogP contribution < -0.4 is 14.8 Å². The molecule has 39 heavy (non-hydrogen) atoms. The molecule has 0 spiro atoms. The number of ether oxygens (including phenoxy) is 2. The molecule has 0 aliphatic heterocycles. The van der Waals surface area contributed by atoms with Gasteiger partial charge in [0.05, 0.1) is 16.6 Å². The lowest BCUT2D eigenvalue weighted by Gasteiger charge is -2.15. The number of rotatable bonds is 8. The van der Waals surface area contributed by atoms with Crippen LogP contribution in [0.1, 0.15) is 23.6 Å². The molecule has 0 bridgehead atoms. The topological polar surface area (TPSA) is 71.3 Å². The molecule has 0 unspecified atom stereocenters. The summed E-state index contributed by atoms with van der Waals surface area (Å²) in [7, 11) is 0. The van der Waals surface area contributed by atoms with Crippen molar-refractivity contribution in [2.24, 2.45) is 0 Å². The summed E-state index contributed by atoms with van der Waals surface area (Å²) in [6.07, 6.45) is -3.24. The Morgan fingerprint density at radius 1 is 1.00 bits per heavy atom. The fraction of sp³-hybridized carbons (Fsp3) is 0.133. The van der Waals surface area contributed by atoms with Gasteiger partial charge in [-0.25, -0.2) is 0 Å². The first-order valence-corrected chi connectivity index (χ1v) is 12.6. The highest BCUT2D eigenvalue weighted by Crippen LogP contribution is 2.38. The maximum atomic E-state index is 13.0. The lowest BCUT2D eigenvalue weighted by atomic mass is 10.1. The quantitative estimate of drug-likeness (QED) is 0.165. The minimum atomic E-state index is -4.56. The molecule has 0 saturated carbocycles. The summed E-state index contributed by atoms with van der Waals surface area (Å²) in [5.41, 5.74) is 0.132. The van der Waals surface area contributed by atoms with Gasteiger partial charge in [-0.2, -0.15) is 18.4 Å². The Bertz CT molecular complexity index is 1590. The molecule has 4 rings (SSSR count). The average molecular weight is 595 g/mol. The van der Waals surface area contributed by atoms with Gasteiger partial charge in [0.15, 0.2) is 11.5 Å². The molecule has 0 aliphatic carbocycles. The summed E-state index contributed by atoms with van der Waals surface area (Å²) in [4.78, 5) is 12.7. The Morgan fingerprint density at radius 2 is 1.77 bits per heavy atom. The Kier molecular flexibility index (Phi) is 8.57. The van der Waals surface area contributed by atoms with Gasteiger partial charge in [0, 0.05) is 5.69 Å². The number of fused-ring (bicyclic) bond motifs is 1. The summed E-state index contributed by atoms with van der Waals surface area (Å²) in [5, 5.41) is 14.1. The maximum absolute atomic E-state index is 13.0. The first kappa shape index (κ1) is 27.7. The lowest BCUT2D eigenvalue weighted by Crippen LogP contribution is -2.14. The SMILES string of the molecule is CCOc1cc(/C=C(/C#N)C(=O)Nc2cccc(C(F)(F)F)c2)cc(Br)c1OCc1ccc2ccccc2c1. The molecule has 4 aromatic rings. The van der Waals surface area contributed by atoms with Gasteiger partial charge in [0.25, 0.3) is 5.91 Å². The van der Waals surface area contributed by atoms with Crippen LogP contribution in [0.25, 0.3) is 16.8 Å². The summed E-state index contributed by atoms with van der Waals surface area (Å²) in [5.74, 6) is 0.00566. The van der Waals surface area contributed by atoms with Crippen molar-refractivity contribution in [2.75, 3.05) is 11.9 Å². The van der Waals surface area contributed by atoms with Gasteiger partial charge < -0.3 is 14.8 Å². The van der Waals surface area contributed by atoms with Crippen LogP contribution in [0.3, 0.4) is 0 Å². The van der Waals surface area contributed by atoms with E-state index in [2.05, 4.69) is 21.2 Å².